The van der Waals surface area contributed by atoms with Gasteiger partial charge >= 0.3 is 23.9 Å². The van der Waals surface area contributed by atoms with Gasteiger partial charge in [-0.1, -0.05) is 54.1 Å². The number of nitrogens with zero attached hydrogens (tertiary/aromatic N) is 1. The maximum absolute atomic E-state index is 14.0. The molecular formula is C41H49ClN2O12. The molecule has 14 nitrogen and oxygen atoms in total. The van der Waals surface area contributed by atoms with Crippen LogP contribution < -0.4 is 19.7 Å². The minimum Gasteiger partial charge on any atom is -0.492 e. The first kappa shape index (κ1) is 45.0. The van der Waals surface area contributed by atoms with E-state index >= 15 is 0 Å². The van der Waals surface area contributed by atoms with Crippen molar-refractivity contribution in [3.05, 3.63) is 101 Å². The van der Waals surface area contributed by atoms with Crippen LogP contribution in [0.15, 0.2) is 78.9 Å². The van der Waals surface area contributed by atoms with Crippen LogP contribution >= 0.6 is 11.6 Å². The Morgan fingerprint density at radius 3 is 2.20 bits per heavy atom. The summed E-state index contributed by atoms with van der Waals surface area (Å²) in [7, 11) is 2.76. The Bertz CT molecular complexity index is 1810. The van der Waals surface area contributed by atoms with Gasteiger partial charge in [-0.25, -0.2) is 9.59 Å². The second kappa shape index (κ2) is 22.2. The zero-order chi connectivity index (χ0) is 41.3. The van der Waals surface area contributed by atoms with E-state index in [1.165, 1.54) is 24.7 Å². The van der Waals surface area contributed by atoms with Crippen molar-refractivity contribution < 1.29 is 57.9 Å². The Hall–Kier alpha value is -5.44. The molecule has 0 saturated carbocycles. The van der Waals surface area contributed by atoms with E-state index in [1.54, 1.807) is 51.1 Å². The zero-order valence-electron chi connectivity index (χ0n) is 32.1. The van der Waals surface area contributed by atoms with Gasteiger partial charge in [0, 0.05) is 28.3 Å². The second-order valence-corrected chi connectivity index (χ2v) is 13.9. The quantitative estimate of drug-likeness (QED) is 0.0849. The number of esters is 2. The number of carbonyl (C=O) groups excluding carboxylic acids is 3. The molecule has 1 amide bonds. The number of nitrogens with one attached hydrogen (secondary N) is 1. The number of carbonyl (C=O) groups is 5. The zero-order valence-corrected chi connectivity index (χ0v) is 32.9. The normalized spacial score (nSPS) is 15.2. The molecule has 0 spiro atoms. The van der Waals surface area contributed by atoms with E-state index in [2.05, 4.69) is 29.6 Å². The van der Waals surface area contributed by atoms with Crippen LogP contribution in [0.1, 0.15) is 62.8 Å². The van der Waals surface area contributed by atoms with Crippen LogP contribution in [0, 0.1) is 0 Å². The van der Waals surface area contributed by atoms with Gasteiger partial charge in [0.25, 0.3) is 5.91 Å². The van der Waals surface area contributed by atoms with Gasteiger partial charge in [0.05, 0.1) is 32.9 Å². The smallest absolute Gasteiger partial charge is 0.328 e. The van der Waals surface area contributed by atoms with Crippen molar-refractivity contribution in [3.8, 4) is 11.5 Å². The Morgan fingerprint density at radius 2 is 1.57 bits per heavy atom. The Kier molecular flexibility index (Phi) is 17.8. The largest absolute Gasteiger partial charge is 0.492 e. The van der Waals surface area contributed by atoms with E-state index in [0.29, 0.717) is 52.1 Å². The molecular weight excluding hydrogens is 748 g/mol. The highest BCUT2D eigenvalue weighted by Gasteiger charge is 2.40. The summed E-state index contributed by atoms with van der Waals surface area (Å²) in [6, 6.07) is 20.8. The lowest BCUT2D eigenvalue weighted by atomic mass is 9.98. The van der Waals surface area contributed by atoms with Crippen LogP contribution in [-0.4, -0.2) is 92.2 Å². The summed E-state index contributed by atoms with van der Waals surface area (Å²) in [6.45, 7) is 6.96. The van der Waals surface area contributed by atoms with Gasteiger partial charge in [-0.3, -0.25) is 19.3 Å². The number of hydrogen-bond donors (Lipinski definition) is 3. The van der Waals surface area contributed by atoms with E-state index in [-0.39, 0.29) is 6.42 Å². The molecule has 0 radical (unpaired) electrons. The number of carboxylic acid groups (broad SMARTS) is 2. The lowest BCUT2D eigenvalue weighted by Crippen LogP contribution is -2.44. The summed E-state index contributed by atoms with van der Waals surface area (Å²) in [4.78, 5) is 59.8. The number of aliphatic carboxylic acids is 2. The maximum Gasteiger partial charge on any atom is 0.328 e. The minimum absolute atomic E-state index is 0.380. The molecule has 1 aliphatic heterocycles. The summed E-state index contributed by atoms with van der Waals surface area (Å²) < 4.78 is 28.9. The van der Waals surface area contributed by atoms with Gasteiger partial charge in [0.2, 0.25) is 0 Å². The van der Waals surface area contributed by atoms with Crippen molar-refractivity contribution in [1.82, 2.24) is 5.32 Å². The number of anilines is 1. The molecule has 2 atom stereocenters. The molecule has 302 valence electrons. The van der Waals surface area contributed by atoms with E-state index in [0.717, 1.165) is 32.4 Å². The van der Waals surface area contributed by atoms with Crippen molar-refractivity contribution >= 4 is 47.1 Å². The number of halogens is 1. The maximum atomic E-state index is 14.0. The van der Waals surface area contributed by atoms with E-state index < -0.39 is 54.1 Å². The molecule has 0 aliphatic carbocycles. The molecule has 1 aliphatic rings. The molecule has 3 N–H and O–H groups in total. The van der Waals surface area contributed by atoms with Crippen LogP contribution in [0.3, 0.4) is 0 Å². The Balaban J connectivity index is 0.000000946. The molecule has 0 fully saturated rings. The van der Waals surface area contributed by atoms with Crippen LogP contribution in [-0.2, 0) is 44.6 Å². The predicted octanol–water partition coefficient (Wildman–Crippen LogP) is 5.78. The van der Waals surface area contributed by atoms with Gasteiger partial charge in [0.1, 0.15) is 24.4 Å². The Morgan fingerprint density at radius 1 is 0.893 bits per heavy atom. The lowest BCUT2D eigenvalue weighted by molar-refractivity contribution is -0.154. The number of amides is 1. The average molecular weight is 797 g/mol. The minimum atomic E-state index is -1.29. The van der Waals surface area contributed by atoms with Crippen molar-refractivity contribution in [2.24, 2.45) is 0 Å². The third kappa shape index (κ3) is 14.7. The first-order valence-corrected chi connectivity index (χ1v) is 18.2. The second-order valence-electron chi connectivity index (χ2n) is 13.4. The standard InChI is InChI=1S/C37H45ClN2O8.C4H4O4/c1-37(2,3)48-33(42)24-40-29-18-17-26(38)22-28(29)34(47-31(36(40)43)23-32(41)44-4)27-15-9-16-30(35(27)45-5)46-21-11-20-39-19-10-14-25-12-7-6-8-13-25;5-3(6)1-2-4(7)8/h6-9,12-13,15-18,22,31,34,39H,10-11,14,19-21,23-24H2,1-5H3;1-2H,(H,5,6)(H,7,8)/b;2-1+/t31-,34-;/m1./s1. The van der Waals surface area contributed by atoms with Gasteiger partial charge in [-0.05, 0) is 83.0 Å². The van der Waals surface area contributed by atoms with Gasteiger partial charge in [-0.2, -0.15) is 0 Å². The number of ether oxygens (including phenoxy) is 5. The number of carboxylic acids is 2. The van der Waals surface area contributed by atoms with Crippen molar-refractivity contribution in [2.45, 2.75) is 64.3 Å². The molecule has 4 rings (SSSR count). The van der Waals surface area contributed by atoms with E-state index in [4.69, 9.17) is 45.5 Å². The number of fused-ring (bicyclic) bond motifs is 1. The summed E-state index contributed by atoms with van der Waals surface area (Å²) in [5, 5.41) is 19.5. The molecule has 0 saturated heterocycles. The van der Waals surface area contributed by atoms with Crippen LogP contribution in [0.4, 0.5) is 5.69 Å². The topological polar surface area (TPSA) is 187 Å². The molecule has 0 bridgehead atoms. The summed E-state index contributed by atoms with van der Waals surface area (Å²) in [5.74, 6) is -3.47. The van der Waals surface area contributed by atoms with Crippen molar-refractivity contribution in [2.75, 3.05) is 45.4 Å². The average Bonchev–Trinajstić information content (AvgIpc) is 3.25. The van der Waals surface area contributed by atoms with Crippen molar-refractivity contribution in [3.63, 3.8) is 0 Å². The number of hydrogen-bond acceptors (Lipinski definition) is 11. The van der Waals surface area contributed by atoms with Crippen molar-refractivity contribution in [1.29, 1.82) is 0 Å². The van der Waals surface area contributed by atoms with E-state index in [9.17, 15) is 24.0 Å². The molecule has 0 unspecified atom stereocenters. The van der Waals surface area contributed by atoms with Gasteiger partial charge in [-0.15, -0.1) is 0 Å². The number of rotatable bonds is 17. The monoisotopic (exact) mass is 796 g/mol. The third-order valence-corrected chi connectivity index (χ3v) is 8.21. The molecule has 15 heteroatoms. The fourth-order valence-corrected chi connectivity index (χ4v) is 5.81. The SMILES string of the molecule is COC(=O)C[C@H]1O[C@H](c2cccc(OCCCNCCCc3ccccc3)c2OC)c2cc(Cl)ccc2N(CC(=O)OC(C)(C)C)C1=O.O=C(O)/C=C/C(=O)O. The van der Waals surface area contributed by atoms with Crippen LogP contribution in [0.25, 0.3) is 0 Å². The summed E-state index contributed by atoms with van der Waals surface area (Å²) >= 11 is 6.48. The summed E-state index contributed by atoms with van der Waals surface area (Å²) in [6.07, 6.45) is 1.36. The van der Waals surface area contributed by atoms with Crippen LogP contribution in [0.5, 0.6) is 11.5 Å². The lowest BCUT2D eigenvalue weighted by Gasteiger charge is -2.26. The molecule has 0 aromatic heterocycles. The number of methoxy groups -OCH3 is 2. The third-order valence-electron chi connectivity index (χ3n) is 7.97. The number of para-hydroxylation sites is 1. The predicted molar refractivity (Wildman–Crippen MR) is 208 cm³/mol. The fraction of sp³-hybridized carbons (Fsp3) is 0.390. The number of aryl methyl sites for hydroxylation is 1. The molecule has 56 heavy (non-hydrogen) atoms. The number of benzene rings is 3. The first-order valence-electron chi connectivity index (χ1n) is 17.9. The molecule has 3 aromatic carbocycles. The van der Waals surface area contributed by atoms with E-state index in [1.807, 2.05) is 12.1 Å². The van der Waals surface area contributed by atoms with Gasteiger partial charge < -0.3 is 39.2 Å². The molecule has 1 heterocycles. The van der Waals surface area contributed by atoms with Gasteiger partial charge in [0.15, 0.2) is 11.5 Å². The highest BCUT2D eigenvalue weighted by Crippen LogP contribution is 2.45. The summed E-state index contributed by atoms with van der Waals surface area (Å²) in [5.41, 5.74) is 2.00. The van der Waals surface area contributed by atoms with Crippen LogP contribution in [0.2, 0.25) is 5.02 Å². The highest BCUT2D eigenvalue weighted by molar-refractivity contribution is 6.30. The Labute approximate surface area is 331 Å². The fourth-order valence-electron chi connectivity index (χ4n) is 5.63. The molecule has 3 aromatic rings. The first-order chi connectivity index (χ1) is 26.6. The highest BCUT2D eigenvalue weighted by atomic mass is 35.5.